The van der Waals surface area contributed by atoms with E-state index in [0.717, 1.165) is 29.1 Å². The highest BCUT2D eigenvalue weighted by Crippen LogP contribution is 2.43. The number of rotatable bonds is 6. The van der Waals surface area contributed by atoms with Crippen LogP contribution in [0.4, 0.5) is 5.69 Å². The zero-order chi connectivity index (χ0) is 18.7. The summed E-state index contributed by atoms with van der Waals surface area (Å²) in [6.45, 7) is 11.2. The van der Waals surface area contributed by atoms with E-state index in [1.165, 1.54) is 11.1 Å². The first kappa shape index (κ1) is 18.3. The minimum atomic E-state index is -0.134. The Labute approximate surface area is 156 Å². The van der Waals surface area contributed by atoms with E-state index in [1.807, 2.05) is 18.2 Å². The van der Waals surface area contributed by atoms with Gasteiger partial charge < -0.3 is 15.4 Å². The Morgan fingerprint density at radius 3 is 2.54 bits per heavy atom. The SMILES string of the molecule is C=CCNC(C)C1=CC(C)(C)Nc2c1cccc2-c1ccccc1OC. The Hall–Kier alpha value is -2.52. The first-order valence-electron chi connectivity index (χ1n) is 9.09. The van der Waals surface area contributed by atoms with Crippen LogP contribution in [0.3, 0.4) is 0 Å². The van der Waals surface area contributed by atoms with E-state index in [2.05, 4.69) is 74.4 Å². The van der Waals surface area contributed by atoms with Gasteiger partial charge in [0.1, 0.15) is 5.75 Å². The van der Waals surface area contributed by atoms with Gasteiger partial charge in [-0.05, 0) is 32.4 Å². The molecule has 1 atom stereocenters. The molecule has 136 valence electrons. The highest BCUT2D eigenvalue weighted by atomic mass is 16.5. The minimum absolute atomic E-state index is 0.134. The van der Waals surface area contributed by atoms with E-state index in [4.69, 9.17) is 4.74 Å². The van der Waals surface area contributed by atoms with Gasteiger partial charge >= 0.3 is 0 Å². The van der Waals surface area contributed by atoms with Crippen LogP contribution < -0.4 is 15.4 Å². The summed E-state index contributed by atoms with van der Waals surface area (Å²) in [7, 11) is 1.72. The number of ether oxygens (including phenoxy) is 1. The van der Waals surface area contributed by atoms with Crippen LogP contribution in [0.5, 0.6) is 5.75 Å². The van der Waals surface area contributed by atoms with Gasteiger partial charge in [0, 0.05) is 29.3 Å². The molecule has 0 saturated heterocycles. The second kappa shape index (κ2) is 7.38. The van der Waals surface area contributed by atoms with Crippen LogP contribution in [0.25, 0.3) is 16.7 Å². The lowest BCUT2D eigenvalue weighted by Gasteiger charge is -2.36. The number of anilines is 1. The maximum atomic E-state index is 5.60. The lowest BCUT2D eigenvalue weighted by molar-refractivity contribution is 0.416. The Kier molecular flexibility index (Phi) is 5.19. The van der Waals surface area contributed by atoms with Crippen molar-refractivity contribution in [2.24, 2.45) is 0 Å². The lowest BCUT2D eigenvalue weighted by atomic mass is 9.84. The molecular formula is C23H28N2O. The molecule has 2 aromatic rings. The number of para-hydroxylation sites is 2. The number of benzene rings is 2. The van der Waals surface area contributed by atoms with Crippen molar-refractivity contribution in [1.82, 2.24) is 5.32 Å². The minimum Gasteiger partial charge on any atom is -0.496 e. The fraction of sp³-hybridized carbons (Fsp3) is 0.304. The highest BCUT2D eigenvalue weighted by molar-refractivity contribution is 5.93. The molecule has 0 fully saturated rings. The predicted octanol–water partition coefficient (Wildman–Crippen LogP) is 5.11. The van der Waals surface area contributed by atoms with Gasteiger partial charge in [0.15, 0.2) is 0 Å². The fourth-order valence-corrected chi connectivity index (χ4v) is 3.57. The zero-order valence-corrected chi connectivity index (χ0v) is 16.1. The van der Waals surface area contributed by atoms with Crippen LogP contribution in [0.15, 0.2) is 61.2 Å². The molecule has 0 spiro atoms. The predicted molar refractivity (Wildman–Crippen MR) is 112 cm³/mol. The van der Waals surface area contributed by atoms with Crippen molar-refractivity contribution >= 4 is 11.3 Å². The van der Waals surface area contributed by atoms with Gasteiger partial charge in [0.05, 0.1) is 18.3 Å². The Morgan fingerprint density at radius 1 is 1.12 bits per heavy atom. The number of fused-ring (bicyclic) bond motifs is 1. The molecule has 0 bridgehead atoms. The summed E-state index contributed by atoms with van der Waals surface area (Å²) in [6.07, 6.45) is 4.22. The molecule has 0 aromatic heterocycles. The van der Waals surface area contributed by atoms with E-state index in [9.17, 15) is 0 Å². The van der Waals surface area contributed by atoms with Crippen molar-refractivity contribution in [3.05, 3.63) is 66.8 Å². The van der Waals surface area contributed by atoms with E-state index < -0.39 is 0 Å². The molecule has 3 heteroatoms. The van der Waals surface area contributed by atoms with Gasteiger partial charge in [0.25, 0.3) is 0 Å². The van der Waals surface area contributed by atoms with Crippen LogP contribution in [0.1, 0.15) is 26.3 Å². The van der Waals surface area contributed by atoms with Crippen LogP contribution in [-0.4, -0.2) is 25.2 Å². The van der Waals surface area contributed by atoms with E-state index in [-0.39, 0.29) is 11.6 Å². The largest absolute Gasteiger partial charge is 0.496 e. The van der Waals surface area contributed by atoms with Gasteiger partial charge in [-0.25, -0.2) is 0 Å². The van der Waals surface area contributed by atoms with Gasteiger partial charge in [-0.2, -0.15) is 0 Å². The summed E-state index contributed by atoms with van der Waals surface area (Å²) >= 11 is 0. The Bertz CT molecular complexity index is 836. The number of methoxy groups -OCH3 is 1. The molecule has 2 N–H and O–H groups in total. The van der Waals surface area contributed by atoms with E-state index in [1.54, 1.807) is 7.11 Å². The lowest BCUT2D eigenvalue weighted by Crippen LogP contribution is -2.36. The third-order valence-corrected chi connectivity index (χ3v) is 4.77. The smallest absolute Gasteiger partial charge is 0.126 e. The topological polar surface area (TPSA) is 33.3 Å². The van der Waals surface area contributed by atoms with Crippen molar-refractivity contribution in [2.45, 2.75) is 32.4 Å². The maximum Gasteiger partial charge on any atom is 0.126 e. The van der Waals surface area contributed by atoms with Crippen LogP contribution in [0.2, 0.25) is 0 Å². The van der Waals surface area contributed by atoms with Crippen molar-refractivity contribution < 1.29 is 4.74 Å². The summed E-state index contributed by atoms with van der Waals surface area (Å²) in [6, 6.07) is 14.9. The van der Waals surface area contributed by atoms with Crippen molar-refractivity contribution in [3.63, 3.8) is 0 Å². The zero-order valence-electron chi connectivity index (χ0n) is 16.1. The summed E-state index contributed by atoms with van der Waals surface area (Å²) in [5, 5.41) is 7.24. The molecule has 1 aliphatic rings. The average molecular weight is 348 g/mol. The third kappa shape index (κ3) is 3.54. The van der Waals surface area contributed by atoms with Crippen LogP contribution in [-0.2, 0) is 0 Å². The van der Waals surface area contributed by atoms with Gasteiger partial charge in [-0.3, -0.25) is 0 Å². The molecule has 0 radical (unpaired) electrons. The quantitative estimate of drug-likeness (QED) is 0.711. The standard InChI is InChI=1S/C23H28N2O/c1-6-14-24-16(2)20-15-23(3,4)25-22-18(11-9-12-19(20)22)17-10-7-8-13-21(17)26-5/h6-13,15-16,24-25H,1,14H2,2-5H3. The molecule has 1 unspecified atom stereocenters. The summed E-state index contributed by atoms with van der Waals surface area (Å²) < 4.78 is 5.60. The monoisotopic (exact) mass is 348 g/mol. The fourth-order valence-electron chi connectivity index (χ4n) is 3.57. The number of nitrogens with one attached hydrogen (secondary N) is 2. The maximum absolute atomic E-state index is 5.60. The summed E-state index contributed by atoms with van der Waals surface area (Å²) in [4.78, 5) is 0. The van der Waals surface area contributed by atoms with E-state index in [0.29, 0.717) is 0 Å². The molecule has 1 aliphatic heterocycles. The van der Waals surface area contributed by atoms with Gasteiger partial charge in [0.2, 0.25) is 0 Å². The van der Waals surface area contributed by atoms with Crippen molar-refractivity contribution in [1.29, 1.82) is 0 Å². The van der Waals surface area contributed by atoms with Crippen LogP contribution in [0, 0.1) is 0 Å². The summed E-state index contributed by atoms with van der Waals surface area (Å²) in [5.41, 5.74) is 5.83. The number of hydrogen-bond acceptors (Lipinski definition) is 3. The molecule has 2 aromatic carbocycles. The van der Waals surface area contributed by atoms with E-state index >= 15 is 0 Å². The third-order valence-electron chi connectivity index (χ3n) is 4.77. The first-order chi connectivity index (χ1) is 12.5. The van der Waals surface area contributed by atoms with Gasteiger partial charge in [-0.1, -0.05) is 48.6 Å². The highest BCUT2D eigenvalue weighted by Gasteiger charge is 2.29. The normalized spacial score (nSPS) is 16.1. The molecule has 3 nitrogen and oxygen atoms in total. The second-order valence-corrected chi connectivity index (χ2v) is 7.29. The number of hydrogen-bond donors (Lipinski definition) is 2. The Balaban J connectivity index is 2.14. The van der Waals surface area contributed by atoms with Crippen molar-refractivity contribution in [2.75, 3.05) is 19.0 Å². The first-order valence-corrected chi connectivity index (χ1v) is 9.09. The molecule has 1 heterocycles. The van der Waals surface area contributed by atoms with Gasteiger partial charge in [-0.15, -0.1) is 6.58 Å². The molecule has 0 amide bonds. The molecular weight excluding hydrogens is 320 g/mol. The molecule has 26 heavy (non-hydrogen) atoms. The second-order valence-electron chi connectivity index (χ2n) is 7.29. The Morgan fingerprint density at radius 2 is 1.81 bits per heavy atom. The van der Waals surface area contributed by atoms with Crippen LogP contribution >= 0.6 is 0 Å². The summed E-state index contributed by atoms with van der Waals surface area (Å²) in [5.74, 6) is 0.884. The van der Waals surface area contributed by atoms with Crippen molar-refractivity contribution in [3.8, 4) is 16.9 Å². The molecule has 3 rings (SSSR count). The molecule has 0 saturated carbocycles. The molecule has 0 aliphatic carbocycles. The average Bonchev–Trinajstić information content (AvgIpc) is 2.64.